The van der Waals surface area contributed by atoms with Crippen molar-refractivity contribution in [2.75, 3.05) is 0 Å². The fraction of sp³-hybridized carbons (Fsp3) is 0.107. The van der Waals surface area contributed by atoms with Crippen molar-refractivity contribution in [2.24, 2.45) is 5.10 Å². The number of rotatable bonds is 5. The Labute approximate surface area is 192 Å². The van der Waals surface area contributed by atoms with Gasteiger partial charge in [0.25, 0.3) is 5.91 Å². The van der Waals surface area contributed by atoms with Gasteiger partial charge in [-0.3, -0.25) is 4.79 Å². The zero-order chi connectivity index (χ0) is 23.4. The van der Waals surface area contributed by atoms with Gasteiger partial charge in [0.2, 0.25) is 0 Å². The molecule has 0 aliphatic carbocycles. The third-order valence-corrected chi connectivity index (χ3v) is 5.37. The number of nitrogens with one attached hydrogen (secondary N) is 1. The maximum Gasteiger partial charge on any atom is 0.271 e. The van der Waals surface area contributed by atoms with Crippen LogP contribution in [0.15, 0.2) is 90.0 Å². The van der Waals surface area contributed by atoms with E-state index in [9.17, 15) is 9.18 Å². The number of aryl methyl sites for hydroxylation is 2. The van der Waals surface area contributed by atoms with Crippen molar-refractivity contribution in [1.29, 1.82) is 0 Å². The van der Waals surface area contributed by atoms with E-state index in [1.54, 1.807) is 31.2 Å². The van der Waals surface area contributed by atoms with Crippen molar-refractivity contribution in [2.45, 2.75) is 20.8 Å². The molecule has 0 aliphatic heterocycles. The van der Waals surface area contributed by atoms with Gasteiger partial charge in [0.1, 0.15) is 5.82 Å². The van der Waals surface area contributed by atoms with Crippen LogP contribution in [0.4, 0.5) is 4.39 Å². The molecule has 4 aromatic rings. The number of aromatic nitrogens is 1. The number of carbonyl (C=O) groups is 1. The second kappa shape index (κ2) is 9.57. The molecule has 4 nitrogen and oxygen atoms in total. The smallest absolute Gasteiger partial charge is 0.267 e. The molecule has 1 amide bonds. The number of amides is 1. The van der Waals surface area contributed by atoms with E-state index >= 15 is 0 Å². The molecule has 5 heteroatoms. The second-order valence-corrected chi connectivity index (χ2v) is 8.00. The van der Waals surface area contributed by atoms with Gasteiger partial charge in [-0.05, 0) is 50.6 Å². The molecule has 33 heavy (non-hydrogen) atoms. The fourth-order valence-corrected chi connectivity index (χ4v) is 3.36. The molecule has 4 rings (SSSR count). The Morgan fingerprint density at radius 3 is 1.73 bits per heavy atom. The Morgan fingerprint density at radius 2 is 1.24 bits per heavy atom. The molecule has 0 unspecified atom stereocenters. The first-order valence-corrected chi connectivity index (χ1v) is 10.7. The number of hydrazone groups is 1. The van der Waals surface area contributed by atoms with E-state index in [1.807, 2.05) is 62.4 Å². The van der Waals surface area contributed by atoms with E-state index in [1.165, 1.54) is 12.1 Å². The summed E-state index contributed by atoms with van der Waals surface area (Å²) in [5.74, 6) is -0.666. The number of halogens is 1. The van der Waals surface area contributed by atoms with E-state index in [2.05, 4.69) is 10.5 Å². The summed E-state index contributed by atoms with van der Waals surface area (Å²) in [5, 5.41) is 4.20. The lowest BCUT2D eigenvalue weighted by atomic mass is 10.0. The fourth-order valence-electron chi connectivity index (χ4n) is 3.36. The maximum absolute atomic E-state index is 13.2. The van der Waals surface area contributed by atoms with Crippen LogP contribution in [-0.4, -0.2) is 16.6 Å². The normalized spacial score (nSPS) is 11.3. The van der Waals surface area contributed by atoms with Crippen molar-refractivity contribution >= 4 is 11.6 Å². The predicted octanol–water partition coefficient (Wildman–Crippen LogP) is 6.33. The topological polar surface area (TPSA) is 54.4 Å². The van der Waals surface area contributed by atoms with Crippen LogP contribution in [0.5, 0.6) is 0 Å². The molecule has 1 heterocycles. The molecule has 1 aromatic heterocycles. The van der Waals surface area contributed by atoms with Crippen LogP contribution < -0.4 is 5.43 Å². The quantitative estimate of drug-likeness (QED) is 0.293. The lowest BCUT2D eigenvalue weighted by molar-refractivity contribution is 0.0955. The Hall–Kier alpha value is -4.12. The zero-order valence-corrected chi connectivity index (χ0v) is 18.8. The largest absolute Gasteiger partial charge is 0.271 e. The molecule has 3 aromatic carbocycles. The molecule has 0 saturated carbocycles. The number of nitrogens with zero attached hydrogens (tertiary/aromatic N) is 2. The van der Waals surface area contributed by atoms with Crippen LogP contribution in [0, 0.1) is 19.7 Å². The molecule has 0 spiro atoms. The molecule has 0 atom stereocenters. The van der Waals surface area contributed by atoms with Crippen molar-refractivity contribution in [3.05, 3.63) is 113 Å². The van der Waals surface area contributed by atoms with E-state index in [0.29, 0.717) is 22.7 Å². The lowest BCUT2D eigenvalue weighted by Crippen LogP contribution is -2.19. The van der Waals surface area contributed by atoms with Crippen molar-refractivity contribution in [3.8, 4) is 22.5 Å². The minimum Gasteiger partial charge on any atom is -0.267 e. The van der Waals surface area contributed by atoms with Gasteiger partial charge in [-0.15, -0.1) is 0 Å². The minimum atomic E-state index is -0.347. The second-order valence-electron chi connectivity index (χ2n) is 8.00. The number of carbonyl (C=O) groups excluding carboxylic acids is 1. The highest BCUT2D eigenvalue weighted by molar-refractivity contribution is 6.01. The molecule has 0 bridgehead atoms. The lowest BCUT2D eigenvalue weighted by Gasteiger charge is -2.10. The summed E-state index contributed by atoms with van der Waals surface area (Å²) in [5.41, 5.74) is 9.94. The molecule has 0 fully saturated rings. The summed E-state index contributed by atoms with van der Waals surface area (Å²) in [4.78, 5) is 17.8. The first-order chi connectivity index (χ1) is 15.9. The Balaban J connectivity index is 1.69. The highest BCUT2D eigenvalue weighted by Crippen LogP contribution is 2.25. The van der Waals surface area contributed by atoms with Gasteiger partial charge >= 0.3 is 0 Å². The SMILES string of the molecule is C/C(=N/NC(=O)c1cc(-c2ccc(C)cc2)nc(-c2ccc(C)cc2)c1)c1ccc(F)cc1. The maximum atomic E-state index is 13.2. The summed E-state index contributed by atoms with van der Waals surface area (Å²) in [7, 11) is 0. The molecule has 164 valence electrons. The number of hydrogen-bond acceptors (Lipinski definition) is 3. The Morgan fingerprint density at radius 1 is 0.758 bits per heavy atom. The Bertz CT molecular complexity index is 1250. The van der Waals surface area contributed by atoms with Gasteiger partial charge in [-0.25, -0.2) is 14.8 Å². The van der Waals surface area contributed by atoms with Gasteiger partial charge in [-0.2, -0.15) is 5.10 Å². The van der Waals surface area contributed by atoms with E-state index < -0.39 is 0 Å². The monoisotopic (exact) mass is 437 g/mol. The average molecular weight is 438 g/mol. The van der Waals surface area contributed by atoms with Crippen LogP contribution >= 0.6 is 0 Å². The highest BCUT2D eigenvalue weighted by atomic mass is 19.1. The van der Waals surface area contributed by atoms with Crippen molar-refractivity contribution < 1.29 is 9.18 Å². The summed E-state index contributed by atoms with van der Waals surface area (Å²) in [6.07, 6.45) is 0. The zero-order valence-electron chi connectivity index (χ0n) is 18.8. The van der Waals surface area contributed by atoms with Crippen LogP contribution in [0.25, 0.3) is 22.5 Å². The van der Waals surface area contributed by atoms with Gasteiger partial charge in [0, 0.05) is 16.7 Å². The van der Waals surface area contributed by atoms with Crippen LogP contribution in [0.1, 0.15) is 34.0 Å². The average Bonchev–Trinajstić information content (AvgIpc) is 2.83. The van der Waals surface area contributed by atoms with Crippen LogP contribution in [0.3, 0.4) is 0 Å². The summed E-state index contributed by atoms with van der Waals surface area (Å²) < 4.78 is 13.2. The minimum absolute atomic E-state index is 0.320. The summed E-state index contributed by atoms with van der Waals surface area (Å²) >= 11 is 0. The number of hydrogen-bond donors (Lipinski definition) is 1. The number of benzene rings is 3. The van der Waals surface area contributed by atoms with E-state index in [4.69, 9.17) is 4.98 Å². The van der Waals surface area contributed by atoms with Crippen molar-refractivity contribution in [1.82, 2.24) is 10.4 Å². The van der Waals surface area contributed by atoms with Crippen LogP contribution in [-0.2, 0) is 0 Å². The van der Waals surface area contributed by atoms with Crippen LogP contribution in [0.2, 0.25) is 0 Å². The van der Waals surface area contributed by atoms with Gasteiger partial charge < -0.3 is 0 Å². The van der Waals surface area contributed by atoms with E-state index in [-0.39, 0.29) is 11.7 Å². The Kier molecular flexibility index (Phi) is 6.41. The third kappa shape index (κ3) is 5.39. The first kappa shape index (κ1) is 22.1. The van der Waals surface area contributed by atoms with E-state index in [0.717, 1.165) is 27.8 Å². The third-order valence-electron chi connectivity index (χ3n) is 5.37. The van der Waals surface area contributed by atoms with Crippen molar-refractivity contribution in [3.63, 3.8) is 0 Å². The number of pyridine rings is 1. The molecular formula is C28H24FN3O. The van der Waals surface area contributed by atoms with Gasteiger partial charge in [-0.1, -0.05) is 71.8 Å². The summed E-state index contributed by atoms with van der Waals surface area (Å²) in [6, 6.07) is 25.6. The first-order valence-electron chi connectivity index (χ1n) is 10.7. The predicted molar refractivity (Wildman–Crippen MR) is 131 cm³/mol. The van der Waals surface area contributed by atoms with Gasteiger partial charge in [0.05, 0.1) is 17.1 Å². The molecule has 0 radical (unpaired) electrons. The van der Waals surface area contributed by atoms with Gasteiger partial charge in [0.15, 0.2) is 0 Å². The molecule has 1 N–H and O–H groups in total. The molecule has 0 saturated heterocycles. The highest BCUT2D eigenvalue weighted by Gasteiger charge is 2.13. The standard InChI is InChI=1S/C28H24FN3O/c1-18-4-8-22(9-5-18)26-16-24(17-27(30-26)23-10-6-19(2)7-11-23)28(33)32-31-20(3)21-12-14-25(29)15-13-21/h4-17H,1-3H3,(H,32,33)/b31-20-. The molecular weight excluding hydrogens is 413 g/mol. The molecule has 0 aliphatic rings. The summed E-state index contributed by atoms with van der Waals surface area (Å²) in [6.45, 7) is 5.82.